The molecule has 0 saturated carbocycles. The second-order valence-corrected chi connectivity index (χ2v) is 5.59. The lowest BCUT2D eigenvalue weighted by atomic mass is 10.1. The number of carbonyl (C=O) groups excluding carboxylic acids is 1. The number of hydrogen-bond acceptors (Lipinski definition) is 2. The third-order valence-electron chi connectivity index (χ3n) is 3.81. The number of aryl methyl sites for hydroxylation is 1. The average Bonchev–Trinajstić information content (AvgIpc) is 2.57. The van der Waals surface area contributed by atoms with Gasteiger partial charge >= 0.3 is 0 Å². The molecule has 0 radical (unpaired) electrons. The molecule has 4 heteroatoms. The van der Waals surface area contributed by atoms with Gasteiger partial charge in [0.2, 0.25) is 5.91 Å². The molecule has 3 aromatic rings. The number of nitrogens with one attached hydrogen (secondary N) is 1. The fraction of sp³-hybridized carbons (Fsp3) is 0.158. The predicted octanol–water partition coefficient (Wildman–Crippen LogP) is 2.63. The summed E-state index contributed by atoms with van der Waals surface area (Å²) in [5.74, 6) is -0.0839. The van der Waals surface area contributed by atoms with Crippen LogP contribution in [0.3, 0.4) is 0 Å². The highest BCUT2D eigenvalue weighted by Crippen LogP contribution is 2.09. The number of amides is 1. The highest BCUT2D eigenvalue weighted by Gasteiger charge is 2.06. The van der Waals surface area contributed by atoms with Gasteiger partial charge in [-0.15, -0.1) is 0 Å². The second kappa shape index (κ2) is 6.48. The van der Waals surface area contributed by atoms with Crippen molar-refractivity contribution < 1.29 is 4.79 Å². The number of rotatable bonds is 4. The maximum atomic E-state index is 12.2. The highest BCUT2D eigenvalue weighted by molar-refractivity contribution is 5.82. The van der Waals surface area contributed by atoms with Crippen LogP contribution in [0.15, 0.2) is 65.6 Å². The minimum atomic E-state index is -0.0839. The van der Waals surface area contributed by atoms with Crippen molar-refractivity contribution in [1.82, 2.24) is 9.88 Å². The summed E-state index contributed by atoms with van der Waals surface area (Å²) in [6.07, 6.45) is 1.66. The van der Waals surface area contributed by atoms with Crippen LogP contribution in [0.1, 0.15) is 11.1 Å². The molecule has 0 fully saturated rings. The van der Waals surface area contributed by atoms with E-state index in [2.05, 4.69) is 5.32 Å². The monoisotopic (exact) mass is 306 g/mol. The molecule has 3 rings (SSSR count). The van der Waals surface area contributed by atoms with E-state index in [4.69, 9.17) is 0 Å². The van der Waals surface area contributed by atoms with Crippen molar-refractivity contribution in [3.05, 3.63) is 82.1 Å². The normalized spacial score (nSPS) is 10.7. The maximum absolute atomic E-state index is 12.2. The zero-order chi connectivity index (χ0) is 16.2. The van der Waals surface area contributed by atoms with Gasteiger partial charge in [-0.2, -0.15) is 0 Å². The van der Waals surface area contributed by atoms with Gasteiger partial charge in [0.15, 0.2) is 5.43 Å². The molecule has 23 heavy (non-hydrogen) atoms. The van der Waals surface area contributed by atoms with Crippen LogP contribution < -0.4 is 10.7 Å². The van der Waals surface area contributed by atoms with E-state index in [0.717, 1.165) is 11.1 Å². The number of nitrogens with zero attached hydrogens (tertiary/aromatic N) is 1. The van der Waals surface area contributed by atoms with Gasteiger partial charge in [-0.25, -0.2) is 0 Å². The van der Waals surface area contributed by atoms with Crippen LogP contribution in [0, 0.1) is 6.92 Å². The Hall–Kier alpha value is -2.88. The molecule has 0 saturated heterocycles. The van der Waals surface area contributed by atoms with E-state index in [-0.39, 0.29) is 17.9 Å². The Bertz CT molecular complexity index is 895. The van der Waals surface area contributed by atoms with Crippen molar-refractivity contribution in [2.75, 3.05) is 0 Å². The van der Waals surface area contributed by atoms with Gasteiger partial charge in [-0.1, -0.05) is 42.0 Å². The molecule has 4 nitrogen and oxygen atoms in total. The summed E-state index contributed by atoms with van der Waals surface area (Å²) in [6.45, 7) is 2.72. The first-order chi connectivity index (χ1) is 11.1. The summed E-state index contributed by atoms with van der Waals surface area (Å²) in [6, 6.07) is 16.9. The van der Waals surface area contributed by atoms with E-state index in [1.807, 2.05) is 49.4 Å². The standard InChI is InChI=1S/C19H18N2O2/c1-14-6-8-15(9-7-14)12-20-19(23)13-21-11-10-18(22)16-4-2-3-5-17(16)21/h2-11H,12-13H2,1H3,(H,20,23). The Morgan fingerprint density at radius 2 is 1.78 bits per heavy atom. The van der Waals surface area contributed by atoms with Gasteiger partial charge in [-0.3, -0.25) is 9.59 Å². The molecule has 1 amide bonds. The number of carbonyl (C=O) groups is 1. The molecule has 0 spiro atoms. The fourth-order valence-electron chi connectivity index (χ4n) is 2.52. The smallest absolute Gasteiger partial charge is 0.240 e. The number of fused-ring (bicyclic) bond motifs is 1. The number of aromatic nitrogens is 1. The Labute approximate surface area is 134 Å². The first kappa shape index (κ1) is 15.0. The molecule has 0 aliphatic heterocycles. The zero-order valence-corrected chi connectivity index (χ0v) is 13.0. The van der Waals surface area contributed by atoms with Crippen LogP contribution in [0.2, 0.25) is 0 Å². The van der Waals surface area contributed by atoms with Crippen LogP contribution in [0.25, 0.3) is 10.9 Å². The zero-order valence-electron chi connectivity index (χ0n) is 13.0. The molecule has 0 unspecified atom stereocenters. The Balaban J connectivity index is 1.72. The molecule has 2 aromatic carbocycles. The van der Waals surface area contributed by atoms with Crippen LogP contribution >= 0.6 is 0 Å². The SMILES string of the molecule is Cc1ccc(CNC(=O)Cn2ccc(=O)c3ccccc32)cc1. The summed E-state index contributed by atoms with van der Waals surface area (Å²) >= 11 is 0. The van der Waals surface area contributed by atoms with E-state index in [0.29, 0.717) is 11.9 Å². The van der Waals surface area contributed by atoms with Crippen LogP contribution in [-0.2, 0) is 17.9 Å². The van der Waals surface area contributed by atoms with E-state index in [1.165, 1.54) is 11.6 Å². The Kier molecular flexibility index (Phi) is 4.24. The Morgan fingerprint density at radius 3 is 2.57 bits per heavy atom. The van der Waals surface area contributed by atoms with Gasteiger partial charge in [0.1, 0.15) is 6.54 Å². The van der Waals surface area contributed by atoms with Crippen molar-refractivity contribution in [3.63, 3.8) is 0 Å². The second-order valence-electron chi connectivity index (χ2n) is 5.59. The molecule has 0 aliphatic rings. The largest absolute Gasteiger partial charge is 0.350 e. The van der Waals surface area contributed by atoms with E-state index in [1.54, 1.807) is 16.8 Å². The molecule has 0 bridgehead atoms. The van der Waals surface area contributed by atoms with E-state index in [9.17, 15) is 9.59 Å². The molecule has 1 heterocycles. The topological polar surface area (TPSA) is 51.1 Å². The van der Waals surface area contributed by atoms with Gasteiger partial charge in [0.25, 0.3) is 0 Å². The first-order valence-electron chi connectivity index (χ1n) is 7.54. The fourth-order valence-corrected chi connectivity index (χ4v) is 2.52. The van der Waals surface area contributed by atoms with Gasteiger partial charge in [0.05, 0.1) is 5.52 Å². The minimum Gasteiger partial charge on any atom is -0.350 e. The van der Waals surface area contributed by atoms with E-state index >= 15 is 0 Å². The van der Waals surface area contributed by atoms with Crippen LogP contribution in [0.5, 0.6) is 0 Å². The first-order valence-corrected chi connectivity index (χ1v) is 7.54. The number of pyridine rings is 1. The van der Waals surface area contributed by atoms with Crippen molar-refractivity contribution in [2.45, 2.75) is 20.0 Å². The van der Waals surface area contributed by atoms with Gasteiger partial charge < -0.3 is 9.88 Å². The quantitative estimate of drug-likeness (QED) is 0.805. The lowest BCUT2D eigenvalue weighted by Crippen LogP contribution is -2.27. The maximum Gasteiger partial charge on any atom is 0.240 e. The summed E-state index contributed by atoms with van der Waals surface area (Å²) in [5, 5.41) is 3.53. The van der Waals surface area contributed by atoms with Crippen molar-refractivity contribution >= 4 is 16.8 Å². The summed E-state index contributed by atoms with van der Waals surface area (Å²) < 4.78 is 1.79. The predicted molar refractivity (Wildman–Crippen MR) is 91.2 cm³/mol. The van der Waals surface area contributed by atoms with Gasteiger partial charge in [-0.05, 0) is 24.6 Å². The van der Waals surface area contributed by atoms with Crippen molar-refractivity contribution in [3.8, 4) is 0 Å². The van der Waals surface area contributed by atoms with Crippen molar-refractivity contribution in [2.24, 2.45) is 0 Å². The lowest BCUT2D eigenvalue weighted by Gasteiger charge is -2.11. The molecule has 1 aromatic heterocycles. The molecule has 0 aliphatic carbocycles. The molecule has 0 atom stereocenters. The van der Waals surface area contributed by atoms with Gasteiger partial charge in [0, 0.05) is 24.2 Å². The summed E-state index contributed by atoms with van der Waals surface area (Å²) in [7, 11) is 0. The molecule has 1 N–H and O–H groups in total. The molecule has 116 valence electrons. The minimum absolute atomic E-state index is 0.0306. The lowest BCUT2D eigenvalue weighted by molar-refractivity contribution is -0.121. The average molecular weight is 306 g/mol. The summed E-state index contributed by atoms with van der Waals surface area (Å²) in [4.78, 5) is 24.0. The van der Waals surface area contributed by atoms with E-state index < -0.39 is 0 Å². The highest BCUT2D eigenvalue weighted by atomic mass is 16.2. The third-order valence-corrected chi connectivity index (χ3v) is 3.81. The van der Waals surface area contributed by atoms with Crippen LogP contribution in [-0.4, -0.2) is 10.5 Å². The number of para-hydroxylation sites is 1. The number of benzene rings is 2. The molecular formula is C19H18N2O2. The summed E-state index contributed by atoms with van der Waals surface area (Å²) in [5.41, 5.74) is 3.00. The molecular weight excluding hydrogens is 288 g/mol. The van der Waals surface area contributed by atoms with Crippen molar-refractivity contribution in [1.29, 1.82) is 0 Å². The Morgan fingerprint density at radius 1 is 1.04 bits per heavy atom. The third kappa shape index (κ3) is 3.48. The van der Waals surface area contributed by atoms with Crippen LogP contribution in [0.4, 0.5) is 0 Å². The number of hydrogen-bond donors (Lipinski definition) is 1.